The van der Waals surface area contributed by atoms with Crippen molar-refractivity contribution in [3.63, 3.8) is 0 Å². The smallest absolute Gasteiger partial charge is 0.134 e. The van der Waals surface area contributed by atoms with E-state index in [2.05, 4.69) is 46.7 Å². The summed E-state index contributed by atoms with van der Waals surface area (Å²) in [5.41, 5.74) is 0.696. The molecule has 1 atom stereocenters. The molecule has 0 aromatic carbocycles. The van der Waals surface area contributed by atoms with Gasteiger partial charge in [-0.1, -0.05) is 11.6 Å². The zero-order chi connectivity index (χ0) is 16.4. The highest BCUT2D eigenvalue weighted by Gasteiger charge is 2.28. The van der Waals surface area contributed by atoms with E-state index in [-0.39, 0.29) is 5.92 Å². The largest absolute Gasteiger partial charge is 0.388 e. The van der Waals surface area contributed by atoms with E-state index in [0.717, 1.165) is 40.7 Å². The third-order valence-corrected chi connectivity index (χ3v) is 5.39. The molecule has 0 bridgehead atoms. The maximum absolute atomic E-state index is 10.7. The van der Waals surface area contributed by atoms with E-state index in [4.69, 9.17) is 11.6 Å². The minimum absolute atomic E-state index is 0.176. The van der Waals surface area contributed by atoms with Crippen LogP contribution in [0.2, 0.25) is 5.15 Å². The van der Waals surface area contributed by atoms with Gasteiger partial charge in [-0.2, -0.15) is 0 Å². The Morgan fingerprint density at radius 1 is 1.13 bits per heavy atom. The lowest BCUT2D eigenvalue weighted by molar-refractivity contribution is 0.0926. The quantitative estimate of drug-likeness (QED) is 0.679. The van der Waals surface area contributed by atoms with Gasteiger partial charge in [-0.15, -0.1) is 0 Å². The first kappa shape index (κ1) is 17.1. The molecule has 3 rings (SSSR count). The van der Waals surface area contributed by atoms with Gasteiger partial charge in [0, 0.05) is 40.0 Å². The monoisotopic (exact) mass is 459 g/mol. The van der Waals surface area contributed by atoms with E-state index in [9.17, 15) is 5.11 Å². The Morgan fingerprint density at radius 2 is 1.83 bits per heavy atom. The zero-order valence-corrected chi connectivity index (χ0v) is 16.2. The van der Waals surface area contributed by atoms with Gasteiger partial charge >= 0.3 is 0 Å². The summed E-state index contributed by atoms with van der Waals surface area (Å²) in [5.74, 6) is 1.15. The van der Waals surface area contributed by atoms with Gasteiger partial charge in [0.1, 0.15) is 11.0 Å². The molecule has 1 saturated heterocycles. The fraction of sp³-hybridized carbons (Fsp3) is 0.375. The molecule has 4 nitrogen and oxygen atoms in total. The lowest BCUT2D eigenvalue weighted by Gasteiger charge is -2.35. The highest BCUT2D eigenvalue weighted by Crippen LogP contribution is 2.35. The van der Waals surface area contributed by atoms with Gasteiger partial charge in [0.25, 0.3) is 0 Å². The van der Waals surface area contributed by atoms with Crippen molar-refractivity contribution in [2.75, 3.05) is 18.0 Å². The fourth-order valence-electron chi connectivity index (χ4n) is 2.90. The summed E-state index contributed by atoms with van der Waals surface area (Å²) in [6.07, 6.45) is 4.64. The third-order valence-electron chi connectivity index (χ3n) is 4.17. The highest BCUT2D eigenvalue weighted by atomic mass is 79.9. The van der Waals surface area contributed by atoms with Crippen LogP contribution < -0.4 is 4.90 Å². The molecular formula is C16H16Br2ClN3O. The second-order valence-corrected chi connectivity index (χ2v) is 7.83. The zero-order valence-electron chi connectivity index (χ0n) is 12.3. The first-order valence-electron chi connectivity index (χ1n) is 7.40. The minimum atomic E-state index is -0.590. The van der Waals surface area contributed by atoms with Gasteiger partial charge in [0.05, 0.1) is 6.10 Å². The van der Waals surface area contributed by atoms with Crippen LogP contribution >= 0.6 is 43.5 Å². The maximum Gasteiger partial charge on any atom is 0.134 e. The van der Waals surface area contributed by atoms with Gasteiger partial charge in [-0.25, -0.2) is 9.97 Å². The molecule has 3 heterocycles. The number of anilines is 1. The van der Waals surface area contributed by atoms with Gasteiger partial charge in [-0.3, -0.25) is 0 Å². The Hall–Kier alpha value is -0.690. The molecule has 0 radical (unpaired) electrons. The molecule has 1 fully saturated rings. The lowest BCUT2D eigenvalue weighted by Crippen LogP contribution is -2.36. The van der Waals surface area contributed by atoms with E-state index >= 15 is 0 Å². The average Bonchev–Trinajstić information content (AvgIpc) is 2.57. The number of aliphatic hydroxyl groups excluding tert-OH is 1. The number of hydrogen-bond donors (Lipinski definition) is 1. The molecule has 2 aromatic rings. The SMILES string of the molecule is OC(c1cc(Br)cnc1Cl)C1CCN(c2ccc(Br)cn2)CC1. The van der Waals surface area contributed by atoms with Gasteiger partial charge in [0.2, 0.25) is 0 Å². The van der Waals surface area contributed by atoms with Crippen LogP contribution in [0.15, 0.2) is 39.5 Å². The van der Waals surface area contributed by atoms with E-state index < -0.39 is 6.10 Å². The van der Waals surface area contributed by atoms with Crippen LogP contribution in [0.25, 0.3) is 0 Å². The summed E-state index contributed by atoms with van der Waals surface area (Å²) in [4.78, 5) is 10.8. The Bertz CT molecular complexity index is 676. The normalized spacial score (nSPS) is 17.3. The molecule has 7 heteroatoms. The molecule has 1 unspecified atom stereocenters. The van der Waals surface area contributed by atoms with Crippen LogP contribution in [0.5, 0.6) is 0 Å². The van der Waals surface area contributed by atoms with Crippen LogP contribution in [-0.4, -0.2) is 28.2 Å². The van der Waals surface area contributed by atoms with Crippen molar-refractivity contribution in [3.05, 3.63) is 50.3 Å². The van der Waals surface area contributed by atoms with E-state index in [1.165, 1.54) is 0 Å². The molecule has 1 N–H and O–H groups in total. The topological polar surface area (TPSA) is 49.3 Å². The average molecular weight is 462 g/mol. The maximum atomic E-state index is 10.7. The molecule has 1 aliphatic heterocycles. The van der Waals surface area contributed by atoms with Crippen molar-refractivity contribution in [1.82, 2.24) is 9.97 Å². The molecule has 2 aromatic heterocycles. The Kier molecular flexibility index (Phi) is 5.57. The number of rotatable bonds is 3. The van der Waals surface area contributed by atoms with Crippen molar-refractivity contribution in [2.45, 2.75) is 18.9 Å². The van der Waals surface area contributed by atoms with E-state index in [1.54, 1.807) is 6.20 Å². The van der Waals surface area contributed by atoms with Gasteiger partial charge < -0.3 is 10.0 Å². The minimum Gasteiger partial charge on any atom is -0.388 e. The summed E-state index contributed by atoms with van der Waals surface area (Å²) < 4.78 is 1.80. The van der Waals surface area contributed by atoms with Crippen molar-refractivity contribution in [2.24, 2.45) is 5.92 Å². The first-order chi connectivity index (χ1) is 11.0. The molecule has 23 heavy (non-hydrogen) atoms. The Labute approximate surface area is 157 Å². The molecule has 0 aliphatic carbocycles. The van der Waals surface area contributed by atoms with Crippen LogP contribution in [0.3, 0.4) is 0 Å². The summed E-state index contributed by atoms with van der Waals surface area (Å²) in [5, 5.41) is 11.0. The molecule has 0 saturated carbocycles. The van der Waals surface area contributed by atoms with Crippen LogP contribution in [0.4, 0.5) is 5.82 Å². The number of piperidine rings is 1. The number of aromatic nitrogens is 2. The molecular weight excluding hydrogens is 445 g/mol. The molecule has 0 spiro atoms. The first-order valence-corrected chi connectivity index (χ1v) is 9.36. The third kappa shape index (κ3) is 4.05. The Morgan fingerprint density at radius 3 is 2.48 bits per heavy atom. The summed E-state index contributed by atoms with van der Waals surface area (Å²) >= 11 is 12.9. The van der Waals surface area contributed by atoms with Gasteiger partial charge in [-0.05, 0) is 68.8 Å². The van der Waals surface area contributed by atoms with Crippen LogP contribution in [0, 0.1) is 5.92 Å². The number of aliphatic hydroxyl groups is 1. The number of pyridine rings is 2. The predicted octanol–water partition coefficient (Wildman–Crippen LogP) is 4.61. The van der Waals surface area contributed by atoms with Crippen LogP contribution in [-0.2, 0) is 0 Å². The second-order valence-electron chi connectivity index (χ2n) is 5.64. The number of halogens is 3. The lowest BCUT2D eigenvalue weighted by atomic mass is 9.88. The van der Waals surface area contributed by atoms with Crippen molar-refractivity contribution in [1.29, 1.82) is 0 Å². The van der Waals surface area contributed by atoms with Gasteiger partial charge in [0.15, 0.2) is 0 Å². The highest BCUT2D eigenvalue weighted by molar-refractivity contribution is 9.10. The predicted molar refractivity (Wildman–Crippen MR) is 98.8 cm³/mol. The van der Waals surface area contributed by atoms with Crippen molar-refractivity contribution >= 4 is 49.3 Å². The Balaban J connectivity index is 1.66. The van der Waals surface area contributed by atoms with Crippen LogP contribution in [0.1, 0.15) is 24.5 Å². The molecule has 122 valence electrons. The van der Waals surface area contributed by atoms with Crippen molar-refractivity contribution in [3.8, 4) is 0 Å². The number of hydrogen-bond acceptors (Lipinski definition) is 4. The number of nitrogens with zero attached hydrogens (tertiary/aromatic N) is 3. The van der Waals surface area contributed by atoms with Crippen molar-refractivity contribution < 1.29 is 5.11 Å². The standard InChI is InChI=1S/C16H16Br2ClN3O/c17-11-1-2-14(20-8-11)22-5-3-10(4-6-22)15(23)13-7-12(18)9-21-16(13)19/h1-2,7-10,15,23H,3-6H2. The summed E-state index contributed by atoms with van der Waals surface area (Å²) in [6.45, 7) is 1.74. The molecule has 1 aliphatic rings. The summed E-state index contributed by atoms with van der Waals surface area (Å²) in [7, 11) is 0. The van der Waals surface area contributed by atoms with E-state index in [1.807, 2.05) is 24.4 Å². The fourth-order valence-corrected chi connectivity index (χ4v) is 3.70. The summed E-state index contributed by atoms with van der Waals surface area (Å²) in [6, 6.07) is 5.86. The molecule has 0 amide bonds. The van der Waals surface area contributed by atoms with E-state index in [0.29, 0.717) is 10.7 Å². The second kappa shape index (κ2) is 7.47.